The van der Waals surface area contributed by atoms with Gasteiger partial charge < -0.3 is 11.1 Å². The van der Waals surface area contributed by atoms with Crippen LogP contribution in [0.25, 0.3) is 0 Å². The van der Waals surface area contributed by atoms with E-state index in [1.807, 2.05) is 6.92 Å². The molecule has 2 atom stereocenters. The molecule has 0 bridgehead atoms. The molecule has 4 heteroatoms. The van der Waals surface area contributed by atoms with Gasteiger partial charge in [-0.05, 0) is 58.0 Å². The van der Waals surface area contributed by atoms with Crippen molar-refractivity contribution in [3.05, 3.63) is 16.1 Å². The van der Waals surface area contributed by atoms with Crippen LogP contribution in [0.1, 0.15) is 56.8 Å². The molecule has 1 heterocycles. The van der Waals surface area contributed by atoms with E-state index in [0.717, 1.165) is 37.0 Å². The molecule has 0 spiro atoms. The third-order valence-corrected chi connectivity index (χ3v) is 4.83. The lowest BCUT2D eigenvalue weighted by Gasteiger charge is -2.20. The van der Waals surface area contributed by atoms with Gasteiger partial charge >= 0.3 is 0 Å². The Kier molecular flexibility index (Phi) is 7.57. The van der Waals surface area contributed by atoms with Gasteiger partial charge in [0.1, 0.15) is 5.01 Å². The number of nitrogens with two attached hydrogens (primary N) is 1. The molecule has 1 rings (SSSR count). The molecular weight excluding hydrogens is 254 g/mol. The van der Waals surface area contributed by atoms with Crippen LogP contribution in [0.5, 0.6) is 0 Å². The van der Waals surface area contributed by atoms with Gasteiger partial charge in [0.2, 0.25) is 0 Å². The number of hydrogen-bond donors (Lipinski definition) is 2. The van der Waals surface area contributed by atoms with E-state index < -0.39 is 0 Å². The molecule has 3 nitrogen and oxygen atoms in total. The fraction of sp³-hybridized carbons (Fsp3) is 0.800. The summed E-state index contributed by atoms with van der Waals surface area (Å²) < 4.78 is 0. The minimum absolute atomic E-state index is 0.366. The summed E-state index contributed by atoms with van der Waals surface area (Å²) in [5.41, 5.74) is 6.80. The molecule has 0 fully saturated rings. The smallest absolute Gasteiger partial charge is 0.110 e. The monoisotopic (exact) mass is 283 g/mol. The summed E-state index contributed by atoms with van der Waals surface area (Å²) in [5.74, 6) is 1.51. The van der Waals surface area contributed by atoms with Gasteiger partial charge in [-0.2, -0.15) is 0 Å². The molecule has 19 heavy (non-hydrogen) atoms. The maximum atomic E-state index is 5.68. The molecular formula is C15H29N3S. The first-order chi connectivity index (χ1) is 9.04. The van der Waals surface area contributed by atoms with E-state index in [0.29, 0.717) is 6.04 Å². The van der Waals surface area contributed by atoms with E-state index in [1.54, 1.807) is 11.3 Å². The highest BCUT2D eigenvalue weighted by atomic mass is 32.1. The fourth-order valence-corrected chi connectivity index (χ4v) is 3.19. The van der Waals surface area contributed by atoms with E-state index in [-0.39, 0.29) is 0 Å². The Bertz CT molecular complexity index is 349. The van der Waals surface area contributed by atoms with Crippen molar-refractivity contribution in [1.82, 2.24) is 10.3 Å². The first-order valence-electron chi connectivity index (χ1n) is 7.40. The van der Waals surface area contributed by atoms with Crippen molar-refractivity contribution in [2.45, 2.75) is 53.0 Å². The second-order valence-corrected chi connectivity index (χ2v) is 6.62. The van der Waals surface area contributed by atoms with Crippen molar-refractivity contribution in [3.8, 4) is 0 Å². The predicted octanol–water partition coefficient (Wildman–Crippen LogP) is 3.50. The molecule has 3 N–H and O–H groups in total. The lowest BCUT2D eigenvalue weighted by molar-refractivity contribution is 0.329. The van der Waals surface area contributed by atoms with Gasteiger partial charge in [0, 0.05) is 11.1 Å². The minimum Gasteiger partial charge on any atom is -0.330 e. The van der Waals surface area contributed by atoms with E-state index in [1.165, 1.54) is 17.8 Å². The summed E-state index contributed by atoms with van der Waals surface area (Å²) >= 11 is 1.74. The highest BCUT2D eigenvalue weighted by Gasteiger charge is 2.13. The quantitative estimate of drug-likeness (QED) is 0.682. The van der Waals surface area contributed by atoms with Gasteiger partial charge in [0.05, 0.1) is 6.04 Å². The van der Waals surface area contributed by atoms with E-state index in [9.17, 15) is 0 Å². The average molecular weight is 283 g/mol. The van der Waals surface area contributed by atoms with Crippen LogP contribution < -0.4 is 11.1 Å². The van der Waals surface area contributed by atoms with Gasteiger partial charge in [0.15, 0.2) is 0 Å². The zero-order chi connectivity index (χ0) is 14.3. The molecule has 110 valence electrons. The van der Waals surface area contributed by atoms with Crippen LogP contribution >= 0.6 is 11.3 Å². The Morgan fingerprint density at radius 2 is 2.05 bits per heavy atom. The summed E-state index contributed by atoms with van der Waals surface area (Å²) in [6, 6.07) is 0.366. The van der Waals surface area contributed by atoms with Gasteiger partial charge in [-0.25, -0.2) is 4.98 Å². The van der Waals surface area contributed by atoms with Gasteiger partial charge in [-0.3, -0.25) is 0 Å². The SMILES string of the molecule is Cc1csc(C(C)NCCCC(CCN)C(C)C)n1. The van der Waals surface area contributed by atoms with Crippen molar-refractivity contribution < 1.29 is 0 Å². The fourth-order valence-electron chi connectivity index (χ4n) is 2.37. The molecule has 1 aromatic heterocycles. The van der Waals surface area contributed by atoms with Crippen LogP contribution in [0.3, 0.4) is 0 Å². The zero-order valence-electron chi connectivity index (χ0n) is 12.8. The van der Waals surface area contributed by atoms with Crippen molar-refractivity contribution in [2.75, 3.05) is 13.1 Å². The van der Waals surface area contributed by atoms with E-state index in [4.69, 9.17) is 5.73 Å². The second-order valence-electron chi connectivity index (χ2n) is 5.73. The van der Waals surface area contributed by atoms with Crippen LogP contribution in [-0.2, 0) is 0 Å². The van der Waals surface area contributed by atoms with E-state index >= 15 is 0 Å². The lowest BCUT2D eigenvalue weighted by Crippen LogP contribution is -2.21. The summed E-state index contributed by atoms with van der Waals surface area (Å²) in [5, 5.41) is 6.87. The maximum Gasteiger partial charge on any atom is 0.110 e. The van der Waals surface area contributed by atoms with Crippen molar-refractivity contribution in [2.24, 2.45) is 17.6 Å². The van der Waals surface area contributed by atoms with E-state index in [2.05, 4.69) is 36.5 Å². The Morgan fingerprint density at radius 1 is 1.32 bits per heavy atom. The Labute approximate surface area is 122 Å². The molecule has 0 aromatic carbocycles. The van der Waals surface area contributed by atoms with Crippen LogP contribution in [0.2, 0.25) is 0 Å². The number of thiazole rings is 1. The first-order valence-corrected chi connectivity index (χ1v) is 8.28. The highest BCUT2D eigenvalue weighted by molar-refractivity contribution is 7.09. The Balaban J connectivity index is 2.22. The lowest BCUT2D eigenvalue weighted by atomic mass is 9.88. The Hall–Kier alpha value is -0.450. The van der Waals surface area contributed by atoms with Gasteiger partial charge in [0.25, 0.3) is 0 Å². The van der Waals surface area contributed by atoms with Gasteiger partial charge in [-0.15, -0.1) is 11.3 Å². The zero-order valence-corrected chi connectivity index (χ0v) is 13.6. The number of nitrogens with one attached hydrogen (secondary N) is 1. The number of aromatic nitrogens is 1. The Morgan fingerprint density at radius 3 is 2.58 bits per heavy atom. The van der Waals surface area contributed by atoms with Gasteiger partial charge in [-0.1, -0.05) is 13.8 Å². The number of nitrogens with zero attached hydrogens (tertiary/aromatic N) is 1. The number of aryl methyl sites for hydroxylation is 1. The normalized spacial score (nSPS) is 14.8. The second kappa shape index (κ2) is 8.67. The molecule has 0 aliphatic heterocycles. The molecule has 0 amide bonds. The standard InChI is InChI=1S/C15H29N3S/c1-11(2)14(7-8-16)6-5-9-17-13(4)15-18-12(3)10-19-15/h10-11,13-14,17H,5-9,16H2,1-4H3. The molecule has 0 saturated heterocycles. The van der Waals surface area contributed by atoms with Crippen LogP contribution in [0, 0.1) is 18.8 Å². The van der Waals surface area contributed by atoms with Crippen molar-refractivity contribution >= 4 is 11.3 Å². The summed E-state index contributed by atoms with van der Waals surface area (Å²) in [4.78, 5) is 4.52. The number of hydrogen-bond acceptors (Lipinski definition) is 4. The third kappa shape index (κ3) is 6.02. The molecule has 2 unspecified atom stereocenters. The van der Waals surface area contributed by atoms with Crippen molar-refractivity contribution in [3.63, 3.8) is 0 Å². The van der Waals surface area contributed by atoms with Crippen molar-refractivity contribution in [1.29, 1.82) is 0 Å². The third-order valence-electron chi connectivity index (χ3n) is 3.69. The summed E-state index contributed by atoms with van der Waals surface area (Å²) in [6.45, 7) is 10.7. The maximum absolute atomic E-state index is 5.68. The summed E-state index contributed by atoms with van der Waals surface area (Å²) in [7, 11) is 0. The first kappa shape index (κ1) is 16.6. The highest BCUT2D eigenvalue weighted by Crippen LogP contribution is 2.21. The number of rotatable bonds is 9. The average Bonchev–Trinajstić information content (AvgIpc) is 2.79. The topological polar surface area (TPSA) is 50.9 Å². The summed E-state index contributed by atoms with van der Waals surface area (Å²) in [6.07, 6.45) is 3.64. The predicted molar refractivity (Wildman–Crippen MR) is 84.5 cm³/mol. The van der Waals surface area contributed by atoms with Crippen LogP contribution in [0.4, 0.5) is 0 Å². The molecule has 0 aliphatic rings. The van der Waals surface area contributed by atoms with Crippen LogP contribution in [0.15, 0.2) is 5.38 Å². The molecule has 1 aromatic rings. The van der Waals surface area contributed by atoms with Crippen LogP contribution in [-0.4, -0.2) is 18.1 Å². The largest absolute Gasteiger partial charge is 0.330 e. The molecule has 0 saturated carbocycles. The minimum atomic E-state index is 0.366. The molecule has 0 aliphatic carbocycles. The molecule has 0 radical (unpaired) electrons.